The summed E-state index contributed by atoms with van der Waals surface area (Å²) in [5.41, 5.74) is 3.92. The van der Waals surface area contributed by atoms with E-state index < -0.39 is 5.24 Å². The number of hydroxylamine groups is 3. The van der Waals surface area contributed by atoms with Crippen molar-refractivity contribution in [3.05, 3.63) is 71.3 Å². The quantitative estimate of drug-likeness (QED) is 0.469. The molecule has 182 valence electrons. The Bertz CT molecular complexity index is 734. The maximum Gasteiger partial charge on any atom is 0.250 e. The van der Waals surface area contributed by atoms with Crippen LogP contribution in [-0.2, 0) is 32.1 Å². The fraction of sp³-hybridized carbons (Fsp3) is 0.333. The first-order valence-corrected chi connectivity index (χ1v) is 9.23. The van der Waals surface area contributed by atoms with Gasteiger partial charge in [-0.05, 0) is 47.0 Å². The summed E-state index contributed by atoms with van der Waals surface area (Å²) in [6, 6.07) is 11.5. The van der Waals surface area contributed by atoms with Gasteiger partial charge >= 0.3 is 0 Å². The molecule has 0 saturated heterocycles. The molecule has 32 heavy (non-hydrogen) atoms. The van der Waals surface area contributed by atoms with E-state index in [9.17, 15) is 18.4 Å². The topological polar surface area (TPSA) is 88.1 Å². The van der Waals surface area contributed by atoms with Gasteiger partial charge in [-0.2, -0.15) is 0 Å². The molecule has 2 aromatic rings. The summed E-state index contributed by atoms with van der Waals surface area (Å²) in [5, 5.41) is 7.71. The Morgan fingerprint density at radius 2 is 1.28 bits per heavy atom. The maximum atomic E-state index is 12.5. The molecule has 7 nitrogen and oxygen atoms in total. The molecule has 0 aliphatic heterocycles. The van der Waals surface area contributed by atoms with Gasteiger partial charge in [-0.3, -0.25) is 14.4 Å². The number of hydrogen-bond donors (Lipinski definition) is 2. The molecule has 0 spiro atoms. The van der Waals surface area contributed by atoms with E-state index in [1.54, 1.807) is 26.3 Å². The van der Waals surface area contributed by atoms with Crippen LogP contribution in [0.3, 0.4) is 0 Å². The molecule has 2 rings (SSSR count). The lowest BCUT2D eigenvalue weighted by molar-refractivity contribution is -0.167. The molecule has 0 heterocycles. The van der Waals surface area contributed by atoms with Gasteiger partial charge in [-0.25, -0.2) is 19.3 Å². The first kappa shape index (κ1) is 34.5. The van der Waals surface area contributed by atoms with Gasteiger partial charge in [-0.15, -0.1) is 12.4 Å². The second-order valence-corrected chi connectivity index (χ2v) is 5.87. The number of benzene rings is 2. The monoisotopic (exact) mass is 498 g/mol. The van der Waals surface area contributed by atoms with Crippen molar-refractivity contribution in [1.82, 2.24) is 10.5 Å². The van der Waals surface area contributed by atoms with Crippen LogP contribution in [0.2, 0.25) is 0 Å². The molecular weight excluding hydrogens is 469 g/mol. The van der Waals surface area contributed by atoms with Crippen molar-refractivity contribution in [2.75, 3.05) is 35.4 Å². The minimum Gasteiger partial charge on any atom is -0.400 e. The van der Waals surface area contributed by atoms with Crippen LogP contribution in [0.25, 0.3) is 0 Å². The molecule has 0 fully saturated rings. The van der Waals surface area contributed by atoms with E-state index in [2.05, 4.69) is 10.3 Å². The van der Waals surface area contributed by atoms with Crippen molar-refractivity contribution < 1.29 is 33.2 Å². The van der Waals surface area contributed by atoms with Crippen molar-refractivity contribution in [3.63, 3.8) is 0 Å². The van der Waals surface area contributed by atoms with Crippen molar-refractivity contribution in [1.29, 1.82) is 0 Å². The molecule has 2 N–H and O–H groups in total. The lowest BCUT2D eigenvalue weighted by Gasteiger charge is -2.13. The van der Waals surface area contributed by atoms with Gasteiger partial charge < -0.3 is 9.94 Å². The molecule has 0 aliphatic rings. The Morgan fingerprint density at radius 3 is 1.56 bits per heavy atom. The minimum atomic E-state index is -0.434. The largest absolute Gasteiger partial charge is 0.400 e. The number of aliphatic hydroxyl groups excluding tert-OH is 1. The van der Waals surface area contributed by atoms with Gasteiger partial charge in [0.2, 0.25) is 11.1 Å². The van der Waals surface area contributed by atoms with E-state index in [0.29, 0.717) is 0 Å². The number of hydrogen-bond acceptors (Lipinski definition) is 6. The summed E-state index contributed by atoms with van der Waals surface area (Å²) in [6.45, 7) is 0. The van der Waals surface area contributed by atoms with Crippen LogP contribution < -0.4 is 5.48 Å². The van der Waals surface area contributed by atoms with Crippen LogP contribution in [-0.4, -0.2) is 56.7 Å². The van der Waals surface area contributed by atoms with Gasteiger partial charge in [0.1, 0.15) is 11.6 Å². The highest BCUT2D eigenvalue weighted by Crippen LogP contribution is 2.05. The van der Waals surface area contributed by atoms with Crippen LogP contribution in [0.5, 0.6) is 0 Å². The number of carbonyl (C=O) groups is 2. The zero-order valence-electron chi connectivity index (χ0n) is 18.6. The molecule has 2 aromatic carbocycles. The zero-order chi connectivity index (χ0) is 24.2. The third kappa shape index (κ3) is 18.6. The van der Waals surface area contributed by atoms with E-state index in [0.717, 1.165) is 23.3 Å². The fourth-order valence-electron chi connectivity index (χ4n) is 1.75. The van der Waals surface area contributed by atoms with Gasteiger partial charge in [-0.1, -0.05) is 24.3 Å². The van der Waals surface area contributed by atoms with E-state index in [1.165, 1.54) is 50.6 Å². The van der Waals surface area contributed by atoms with Crippen LogP contribution in [0.1, 0.15) is 11.1 Å². The number of carbonyl (C=O) groups excluding carboxylic acids is 2. The van der Waals surface area contributed by atoms with Crippen LogP contribution >= 0.6 is 24.0 Å². The maximum absolute atomic E-state index is 12.5. The van der Waals surface area contributed by atoms with Gasteiger partial charge in [0.05, 0.1) is 20.6 Å². The predicted molar refractivity (Wildman–Crippen MR) is 122 cm³/mol. The second-order valence-electron chi connectivity index (χ2n) is 5.44. The molecule has 0 unspecified atom stereocenters. The van der Waals surface area contributed by atoms with Crippen LogP contribution in [0.4, 0.5) is 8.78 Å². The van der Waals surface area contributed by atoms with Crippen molar-refractivity contribution in [2.24, 2.45) is 0 Å². The average Bonchev–Trinajstić information content (AvgIpc) is 2.78. The number of halogens is 4. The van der Waals surface area contributed by atoms with E-state index in [-0.39, 0.29) is 42.8 Å². The molecule has 0 saturated carbocycles. The molecule has 1 amide bonds. The Labute approximate surface area is 198 Å². The summed E-state index contributed by atoms with van der Waals surface area (Å²) in [4.78, 5) is 30.7. The average molecular weight is 499 g/mol. The van der Waals surface area contributed by atoms with E-state index in [4.69, 9.17) is 21.5 Å². The van der Waals surface area contributed by atoms with Gasteiger partial charge in [0.15, 0.2) is 0 Å². The second kappa shape index (κ2) is 22.1. The van der Waals surface area contributed by atoms with Gasteiger partial charge in [0, 0.05) is 27.6 Å². The zero-order valence-corrected chi connectivity index (χ0v) is 20.2. The van der Waals surface area contributed by atoms with Crippen LogP contribution in [0.15, 0.2) is 48.5 Å². The minimum absolute atomic E-state index is 0. The molecular formula is C21H30Cl2F2N2O5. The number of amides is 1. The number of nitrogens with one attached hydrogen (secondary N) is 1. The highest BCUT2D eigenvalue weighted by molar-refractivity contribution is 6.63. The Kier molecular flexibility index (Phi) is 23.8. The number of nitrogens with zero attached hydrogens (tertiary/aromatic N) is 1. The summed E-state index contributed by atoms with van der Waals surface area (Å²) in [6.07, 6.45) is 0.368. The van der Waals surface area contributed by atoms with E-state index in [1.807, 2.05) is 0 Å². The summed E-state index contributed by atoms with van der Waals surface area (Å²) < 4.78 is 24.8. The highest BCUT2D eigenvalue weighted by atomic mass is 35.5. The first-order chi connectivity index (χ1) is 14.7. The Morgan fingerprint density at radius 1 is 0.938 bits per heavy atom. The van der Waals surface area contributed by atoms with Gasteiger partial charge in [0.25, 0.3) is 0 Å². The fourth-order valence-corrected chi connectivity index (χ4v) is 1.91. The molecule has 0 radical (unpaired) electrons. The smallest absolute Gasteiger partial charge is 0.250 e. The summed E-state index contributed by atoms with van der Waals surface area (Å²) >= 11 is 5.12. The lowest BCUT2D eigenvalue weighted by Crippen LogP contribution is -2.26. The third-order valence-corrected chi connectivity index (χ3v) is 3.49. The first-order valence-electron chi connectivity index (χ1n) is 8.85. The summed E-state index contributed by atoms with van der Waals surface area (Å²) in [5.74, 6) is -0.781. The highest BCUT2D eigenvalue weighted by Gasteiger charge is 2.08. The normalized spacial score (nSPS) is 8.78. The number of likely N-dealkylation sites (N-methyl/N-ethyl adjacent to an activating group) is 1. The SMILES string of the molecule is CNOC.CO.CON(C)C(=O)Cc1ccc(F)cc1.Cl.O=C(Cl)Cc1ccc(F)cc1. The third-order valence-electron chi connectivity index (χ3n) is 3.35. The van der Waals surface area contributed by atoms with Crippen molar-refractivity contribution in [2.45, 2.75) is 12.8 Å². The molecule has 0 bridgehead atoms. The van der Waals surface area contributed by atoms with Crippen molar-refractivity contribution in [3.8, 4) is 0 Å². The number of aliphatic hydroxyl groups is 1. The standard InChI is InChI=1S/C10H12FNO2.C8H6ClFO.C2H7NO.CH4O.ClH/c1-12(14-2)10(13)7-8-3-5-9(11)6-4-8;9-8(11)5-6-1-3-7(10)4-2-6;1-3-4-2;1-2;/h3-6H,7H2,1-2H3;1-4H,5H2;3H,1-2H3;2H,1H3;1H. The number of rotatable bonds is 6. The Hall–Kier alpha value is -2.14. The molecule has 0 atom stereocenters. The summed E-state index contributed by atoms with van der Waals surface area (Å²) in [7, 11) is 7.23. The predicted octanol–water partition coefficient (Wildman–Crippen LogP) is 3.32. The van der Waals surface area contributed by atoms with Crippen molar-refractivity contribution >= 4 is 35.2 Å². The lowest BCUT2D eigenvalue weighted by atomic mass is 10.1. The molecule has 0 aliphatic carbocycles. The molecule has 0 aromatic heterocycles. The molecule has 11 heteroatoms. The van der Waals surface area contributed by atoms with E-state index >= 15 is 0 Å². The van der Waals surface area contributed by atoms with Crippen LogP contribution in [0, 0.1) is 11.6 Å². The Balaban J connectivity index is -0.000000418.